The van der Waals surface area contributed by atoms with Gasteiger partial charge in [0.15, 0.2) is 0 Å². The Morgan fingerprint density at radius 3 is 2.21 bits per heavy atom. The number of carbonyl (C=O) groups excluding carboxylic acids is 1. The average molecular weight is 345 g/mol. The summed E-state index contributed by atoms with van der Waals surface area (Å²) >= 11 is 0. The largest absolute Gasteiger partial charge is 0.444 e. The minimum Gasteiger partial charge on any atom is -0.444 e. The van der Waals surface area contributed by atoms with E-state index >= 15 is 0 Å². The quantitative estimate of drug-likeness (QED) is 0.793. The number of carbonyl (C=O) groups is 1. The molecule has 1 fully saturated rings. The van der Waals surface area contributed by atoms with E-state index in [0.29, 0.717) is 26.2 Å². The summed E-state index contributed by atoms with van der Waals surface area (Å²) in [4.78, 5) is 15.1. The van der Waals surface area contributed by atoms with E-state index in [2.05, 4.69) is 0 Å². The molecular weight excluding hydrogens is 323 g/mol. The fourth-order valence-electron chi connectivity index (χ4n) is 2.51. The molecule has 0 saturated carbocycles. The Balaban J connectivity index is 2.09. The topological polar surface area (TPSA) is 58.8 Å². The number of halogens is 3. The lowest BCUT2D eigenvalue weighted by Gasteiger charge is -2.37. The van der Waals surface area contributed by atoms with Gasteiger partial charge in [-0.15, -0.1) is 0 Å². The summed E-state index contributed by atoms with van der Waals surface area (Å²) in [7, 11) is 0. The molecule has 0 aliphatic carbocycles. The normalized spacial score (nSPS) is 16.2. The number of hydrogen-bond donors (Lipinski definition) is 1. The number of piperazine rings is 1. The van der Waals surface area contributed by atoms with Crippen molar-refractivity contribution in [3.8, 4) is 0 Å². The molecule has 1 saturated heterocycles. The predicted molar refractivity (Wildman–Crippen MR) is 85.9 cm³/mol. The molecule has 2 rings (SSSR count). The Morgan fingerprint density at radius 1 is 1.12 bits per heavy atom. The standard InChI is InChI=1S/C16H22F3N3O2/c1-15(2,3)24-14(23)22-8-6-21(7-9-22)13-5-4-11(20)10-12(13)16(17,18)19/h4-5,10H,6-9,20H2,1-3H3. The Kier molecular flexibility index (Phi) is 4.87. The number of amides is 1. The van der Waals surface area contributed by atoms with Crippen molar-refractivity contribution in [3.63, 3.8) is 0 Å². The van der Waals surface area contributed by atoms with E-state index < -0.39 is 23.4 Å². The van der Waals surface area contributed by atoms with E-state index in [1.165, 1.54) is 17.0 Å². The molecule has 0 bridgehead atoms. The number of anilines is 2. The summed E-state index contributed by atoms with van der Waals surface area (Å²) in [6.07, 6.45) is -4.93. The molecule has 0 spiro atoms. The number of nitrogen functional groups attached to an aromatic ring is 1. The summed E-state index contributed by atoms with van der Waals surface area (Å²) in [5.41, 5.74) is 4.28. The smallest absolute Gasteiger partial charge is 0.418 e. The van der Waals surface area contributed by atoms with E-state index in [-0.39, 0.29) is 11.4 Å². The van der Waals surface area contributed by atoms with Crippen molar-refractivity contribution in [1.29, 1.82) is 0 Å². The van der Waals surface area contributed by atoms with Crippen molar-refractivity contribution in [2.24, 2.45) is 0 Å². The minimum absolute atomic E-state index is 0.0680. The van der Waals surface area contributed by atoms with Gasteiger partial charge in [0.1, 0.15) is 5.60 Å². The van der Waals surface area contributed by atoms with E-state index in [9.17, 15) is 18.0 Å². The highest BCUT2D eigenvalue weighted by molar-refractivity contribution is 5.69. The van der Waals surface area contributed by atoms with Crippen LogP contribution in [0.15, 0.2) is 18.2 Å². The predicted octanol–water partition coefficient (Wildman–Crippen LogP) is 3.34. The first-order valence-corrected chi connectivity index (χ1v) is 7.67. The van der Waals surface area contributed by atoms with Crippen molar-refractivity contribution in [3.05, 3.63) is 23.8 Å². The second-order valence-electron chi connectivity index (χ2n) is 6.73. The zero-order valence-electron chi connectivity index (χ0n) is 14.0. The molecule has 2 N–H and O–H groups in total. The lowest BCUT2D eigenvalue weighted by molar-refractivity contribution is -0.137. The van der Waals surface area contributed by atoms with Crippen LogP contribution in [-0.4, -0.2) is 42.8 Å². The van der Waals surface area contributed by atoms with Gasteiger partial charge in [-0.1, -0.05) is 0 Å². The molecule has 134 valence electrons. The van der Waals surface area contributed by atoms with Crippen LogP contribution in [0.1, 0.15) is 26.3 Å². The molecule has 0 unspecified atom stereocenters. The van der Waals surface area contributed by atoms with Gasteiger partial charge in [-0.05, 0) is 39.0 Å². The van der Waals surface area contributed by atoms with Gasteiger partial charge in [-0.25, -0.2) is 4.79 Å². The SMILES string of the molecule is CC(C)(C)OC(=O)N1CCN(c2ccc(N)cc2C(F)(F)F)CC1. The highest BCUT2D eigenvalue weighted by Gasteiger charge is 2.36. The first-order valence-electron chi connectivity index (χ1n) is 7.67. The van der Waals surface area contributed by atoms with Crippen LogP contribution in [0.2, 0.25) is 0 Å². The summed E-state index contributed by atoms with van der Waals surface area (Å²) in [6.45, 7) is 6.51. The van der Waals surface area contributed by atoms with Crippen LogP contribution in [0.5, 0.6) is 0 Å². The third kappa shape index (κ3) is 4.46. The van der Waals surface area contributed by atoms with Gasteiger partial charge in [0, 0.05) is 37.6 Å². The van der Waals surface area contributed by atoms with Crippen molar-refractivity contribution < 1.29 is 22.7 Å². The molecule has 24 heavy (non-hydrogen) atoms. The molecule has 0 atom stereocenters. The van der Waals surface area contributed by atoms with Crippen molar-refractivity contribution in [2.45, 2.75) is 32.5 Å². The summed E-state index contributed by atoms with van der Waals surface area (Å²) in [5.74, 6) is 0. The number of hydrogen-bond acceptors (Lipinski definition) is 4. The molecule has 8 heteroatoms. The summed E-state index contributed by atoms with van der Waals surface area (Å²) < 4.78 is 44.9. The van der Waals surface area contributed by atoms with Crippen LogP contribution < -0.4 is 10.6 Å². The van der Waals surface area contributed by atoms with Crippen LogP contribution in [0, 0.1) is 0 Å². The van der Waals surface area contributed by atoms with E-state index in [0.717, 1.165) is 6.07 Å². The van der Waals surface area contributed by atoms with Gasteiger partial charge in [-0.2, -0.15) is 13.2 Å². The number of alkyl halides is 3. The molecular formula is C16H22F3N3O2. The van der Waals surface area contributed by atoms with Gasteiger partial charge >= 0.3 is 12.3 Å². The first-order chi connectivity index (χ1) is 11.0. The summed E-state index contributed by atoms with van der Waals surface area (Å²) in [6, 6.07) is 3.77. The van der Waals surface area contributed by atoms with Crippen LogP contribution in [0.4, 0.5) is 29.3 Å². The lowest BCUT2D eigenvalue weighted by atomic mass is 10.1. The zero-order chi connectivity index (χ0) is 18.1. The van der Waals surface area contributed by atoms with Gasteiger partial charge in [0.2, 0.25) is 0 Å². The van der Waals surface area contributed by atoms with Crippen LogP contribution in [-0.2, 0) is 10.9 Å². The molecule has 1 aliphatic rings. The van der Waals surface area contributed by atoms with Gasteiger partial charge in [-0.3, -0.25) is 0 Å². The van der Waals surface area contributed by atoms with Gasteiger partial charge in [0.25, 0.3) is 0 Å². The first kappa shape index (κ1) is 18.2. The number of nitrogens with two attached hydrogens (primary N) is 1. The Hall–Kier alpha value is -2.12. The van der Waals surface area contributed by atoms with Gasteiger partial charge < -0.3 is 20.3 Å². The van der Waals surface area contributed by atoms with Crippen LogP contribution in [0.3, 0.4) is 0 Å². The number of ether oxygens (including phenoxy) is 1. The van der Waals surface area contributed by atoms with E-state index in [1.54, 1.807) is 25.7 Å². The van der Waals surface area contributed by atoms with Crippen molar-refractivity contribution in [1.82, 2.24) is 4.90 Å². The highest BCUT2D eigenvalue weighted by Crippen LogP contribution is 2.38. The molecule has 1 amide bonds. The maximum Gasteiger partial charge on any atom is 0.418 e. The monoisotopic (exact) mass is 345 g/mol. The van der Waals surface area contributed by atoms with Crippen molar-refractivity contribution >= 4 is 17.5 Å². The molecule has 0 radical (unpaired) electrons. The van der Waals surface area contributed by atoms with Crippen molar-refractivity contribution in [2.75, 3.05) is 36.8 Å². The Labute approximate surface area is 139 Å². The number of rotatable bonds is 1. The molecule has 1 heterocycles. The second-order valence-corrected chi connectivity index (χ2v) is 6.73. The van der Waals surface area contributed by atoms with Crippen LogP contribution in [0.25, 0.3) is 0 Å². The van der Waals surface area contributed by atoms with E-state index in [4.69, 9.17) is 10.5 Å². The second kappa shape index (κ2) is 6.41. The minimum atomic E-state index is -4.48. The maximum atomic E-state index is 13.2. The third-order valence-electron chi connectivity index (χ3n) is 3.60. The number of benzene rings is 1. The lowest BCUT2D eigenvalue weighted by Crippen LogP contribution is -2.50. The molecule has 5 nitrogen and oxygen atoms in total. The molecule has 0 aromatic heterocycles. The fourth-order valence-corrected chi connectivity index (χ4v) is 2.51. The summed E-state index contributed by atoms with van der Waals surface area (Å²) in [5, 5.41) is 0. The average Bonchev–Trinajstić information content (AvgIpc) is 2.44. The molecule has 1 aromatic carbocycles. The third-order valence-corrected chi connectivity index (χ3v) is 3.60. The van der Waals surface area contributed by atoms with Crippen LogP contribution >= 0.6 is 0 Å². The maximum absolute atomic E-state index is 13.2. The van der Waals surface area contributed by atoms with E-state index in [1.807, 2.05) is 0 Å². The zero-order valence-corrected chi connectivity index (χ0v) is 14.0. The fraction of sp³-hybridized carbons (Fsp3) is 0.562. The Bertz CT molecular complexity index is 604. The molecule has 1 aliphatic heterocycles. The van der Waals surface area contributed by atoms with Gasteiger partial charge in [0.05, 0.1) is 5.56 Å². The molecule has 1 aromatic rings. The highest BCUT2D eigenvalue weighted by atomic mass is 19.4. The Morgan fingerprint density at radius 2 is 1.71 bits per heavy atom. The number of nitrogens with zero attached hydrogens (tertiary/aromatic N) is 2.